The lowest BCUT2D eigenvalue weighted by Gasteiger charge is -2.19. The molecule has 0 spiro atoms. The predicted octanol–water partition coefficient (Wildman–Crippen LogP) is 4.19. The topological polar surface area (TPSA) is 41.3 Å². The summed E-state index contributed by atoms with van der Waals surface area (Å²) in [7, 11) is 1.95. The third kappa shape index (κ3) is 5.65. The Morgan fingerprint density at radius 3 is 2.50 bits per heavy atom. The highest BCUT2D eigenvalue weighted by atomic mass is 15.1. The SMILES string of the molecule is C=C(CN(C)/C=C/N)C(=C)NCc1ccc(C(=C)CC)cc1CC. The van der Waals surface area contributed by atoms with Crippen molar-refractivity contribution in [3.05, 3.63) is 78.3 Å². The van der Waals surface area contributed by atoms with Gasteiger partial charge in [-0.1, -0.05) is 51.8 Å². The summed E-state index contributed by atoms with van der Waals surface area (Å²) in [4.78, 5) is 1.97. The zero-order chi connectivity index (χ0) is 18.1. The zero-order valence-corrected chi connectivity index (χ0v) is 15.4. The summed E-state index contributed by atoms with van der Waals surface area (Å²) in [6, 6.07) is 6.58. The fourth-order valence-electron chi connectivity index (χ4n) is 2.47. The molecule has 0 fully saturated rings. The first-order chi connectivity index (χ1) is 11.4. The molecule has 0 saturated heterocycles. The summed E-state index contributed by atoms with van der Waals surface area (Å²) in [5.41, 5.74) is 12.2. The number of nitrogens with one attached hydrogen (secondary N) is 1. The van der Waals surface area contributed by atoms with Crippen molar-refractivity contribution in [2.75, 3.05) is 13.6 Å². The number of nitrogens with zero attached hydrogens (tertiary/aromatic N) is 1. The summed E-state index contributed by atoms with van der Waals surface area (Å²) >= 11 is 0. The van der Waals surface area contributed by atoms with Crippen molar-refractivity contribution < 1.29 is 0 Å². The maximum absolute atomic E-state index is 5.40. The standard InChI is InChI=1S/C21H31N3/c1-7-16(3)20-9-10-21(19(8-2)13-20)14-23-18(5)17(4)15-24(6)12-11-22/h9-13,23H,3-5,7-8,14-15,22H2,1-2,6H3/b12-11+. The van der Waals surface area contributed by atoms with E-state index in [2.05, 4.69) is 57.1 Å². The molecule has 0 heterocycles. The second-order valence-corrected chi connectivity index (χ2v) is 5.99. The van der Waals surface area contributed by atoms with E-state index in [1.807, 2.05) is 18.1 Å². The van der Waals surface area contributed by atoms with Crippen LogP contribution in [0, 0.1) is 0 Å². The molecule has 24 heavy (non-hydrogen) atoms. The summed E-state index contributed by atoms with van der Waals surface area (Å²) in [6.07, 6.45) is 5.30. The van der Waals surface area contributed by atoms with Crippen LogP contribution in [0.4, 0.5) is 0 Å². The molecule has 0 aliphatic carbocycles. The monoisotopic (exact) mass is 325 g/mol. The van der Waals surface area contributed by atoms with Crippen molar-refractivity contribution in [2.45, 2.75) is 33.2 Å². The molecule has 1 aromatic carbocycles. The average Bonchev–Trinajstić information content (AvgIpc) is 2.58. The molecule has 0 aliphatic rings. The van der Waals surface area contributed by atoms with E-state index in [4.69, 9.17) is 5.73 Å². The van der Waals surface area contributed by atoms with Gasteiger partial charge < -0.3 is 16.0 Å². The lowest BCUT2D eigenvalue weighted by molar-refractivity contribution is 0.495. The molecular formula is C21H31N3. The first kappa shape index (κ1) is 19.6. The van der Waals surface area contributed by atoms with Crippen LogP contribution in [-0.2, 0) is 13.0 Å². The fourth-order valence-corrected chi connectivity index (χ4v) is 2.47. The molecule has 3 N–H and O–H groups in total. The van der Waals surface area contributed by atoms with Crippen molar-refractivity contribution in [3.8, 4) is 0 Å². The minimum Gasteiger partial charge on any atom is -0.403 e. The van der Waals surface area contributed by atoms with Gasteiger partial charge in [0.05, 0.1) is 0 Å². The molecule has 0 aliphatic heterocycles. The molecule has 0 atom stereocenters. The van der Waals surface area contributed by atoms with Gasteiger partial charge >= 0.3 is 0 Å². The largest absolute Gasteiger partial charge is 0.403 e. The van der Waals surface area contributed by atoms with E-state index >= 15 is 0 Å². The van der Waals surface area contributed by atoms with Gasteiger partial charge in [-0.2, -0.15) is 0 Å². The van der Waals surface area contributed by atoms with Crippen LogP contribution >= 0.6 is 0 Å². The minimum atomic E-state index is 0.690. The van der Waals surface area contributed by atoms with Gasteiger partial charge in [0.2, 0.25) is 0 Å². The van der Waals surface area contributed by atoms with E-state index < -0.39 is 0 Å². The van der Waals surface area contributed by atoms with Crippen LogP contribution in [0.3, 0.4) is 0 Å². The second kappa shape index (κ2) is 9.66. The van der Waals surface area contributed by atoms with Gasteiger partial charge in [-0.3, -0.25) is 0 Å². The van der Waals surface area contributed by atoms with Crippen LogP contribution in [0.5, 0.6) is 0 Å². The fraction of sp³-hybridized carbons (Fsp3) is 0.333. The third-order valence-corrected chi connectivity index (χ3v) is 4.12. The minimum absolute atomic E-state index is 0.690. The first-order valence-electron chi connectivity index (χ1n) is 8.42. The first-order valence-corrected chi connectivity index (χ1v) is 8.42. The van der Waals surface area contributed by atoms with Crippen LogP contribution in [0.2, 0.25) is 0 Å². The highest BCUT2D eigenvalue weighted by Gasteiger charge is 2.06. The lowest BCUT2D eigenvalue weighted by Crippen LogP contribution is -2.21. The molecule has 0 aromatic heterocycles. The molecule has 0 bridgehead atoms. The average molecular weight is 326 g/mol. The molecule has 0 saturated carbocycles. The Balaban J connectivity index is 2.71. The van der Waals surface area contributed by atoms with Crippen LogP contribution in [0.25, 0.3) is 5.57 Å². The van der Waals surface area contributed by atoms with Crippen molar-refractivity contribution in [2.24, 2.45) is 5.73 Å². The Bertz CT molecular complexity index is 626. The Kier molecular flexibility index (Phi) is 7.90. The lowest BCUT2D eigenvalue weighted by atomic mass is 9.97. The molecular weight excluding hydrogens is 294 g/mol. The summed E-state index contributed by atoms with van der Waals surface area (Å²) < 4.78 is 0. The number of rotatable bonds is 10. The number of likely N-dealkylation sites (N-methyl/N-ethyl adjacent to an activating group) is 1. The molecule has 1 rings (SSSR count). The summed E-state index contributed by atoms with van der Waals surface area (Å²) in [5.74, 6) is 0. The molecule has 0 radical (unpaired) electrons. The predicted molar refractivity (Wildman–Crippen MR) is 106 cm³/mol. The number of allylic oxidation sites excluding steroid dienone is 1. The van der Waals surface area contributed by atoms with Gasteiger partial charge in [0.25, 0.3) is 0 Å². The van der Waals surface area contributed by atoms with E-state index in [0.29, 0.717) is 6.54 Å². The van der Waals surface area contributed by atoms with Crippen LogP contribution in [0.15, 0.2) is 61.6 Å². The molecule has 0 amide bonds. The molecule has 3 heteroatoms. The van der Waals surface area contributed by atoms with Crippen molar-refractivity contribution in [3.63, 3.8) is 0 Å². The second-order valence-electron chi connectivity index (χ2n) is 5.99. The van der Waals surface area contributed by atoms with Gasteiger partial charge in [-0.25, -0.2) is 0 Å². The Morgan fingerprint density at radius 2 is 1.92 bits per heavy atom. The number of hydrogen-bond acceptors (Lipinski definition) is 3. The quantitative estimate of drug-likeness (QED) is 0.634. The van der Waals surface area contributed by atoms with Crippen molar-refractivity contribution in [1.29, 1.82) is 0 Å². The third-order valence-electron chi connectivity index (χ3n) is 4.12. The van der Waals surface area contributed by atoms with Crippen LogP contribution in [-0.4, -0.2) is 18.5 Å². The Morgan fingerprint density at radius 1 is 1.21 bits per heavy atom. The highest BCUT2D eigenvalue weighted by Crippen LogP contribution is 2.21. The number of benzene rings is 1. The van der Waals surface area contributed by atoms with Gasteiger partial charge in [-0.05, 0) is 40.7 Å². The zero-order valence-electron chi connectivity index (χ0n) is 15.4. The van der Waals surface area contributed by atoms with Crippen LogP contribution in [0.1, 0.15) is 37.0 Å². The Labute approximate surface area is 147 Å². The molecule has 3 nitrogen and oxygen atoms in total. The number of aryl methyl sites for hydroxylation is 1. The molecule has 0 unspecified atom stereocenters. The maximum Gasteiger partial charge on any atom is 0.0435 e. The van der Waals surface area contributed by atoms with Crippen molar-refractivity contribution in [1.82, 2.24) is 10.2 Å². The maximum atomic E-state index is 5.40. The summed E-state index contributed by atoms with van der Waals surface area (Å²) in [6.45, 7) is 18.1. The van der Waals surface area contributed by atoms with Gasteiger partial charge in [-0.15, -0.1) is 0 Å². The van der Waals surface area contributed by atoms with Crippen molar-refractivity contribution >= 4 is 5.57 Å². The van der Waals surface area contributed by atoms with E-state index in [1.165, 1.54) is 28.5 Å². The van der Waals surface area contributed by atoms with E-state index in [0.717, 1.165) is 30.7 Å². The Hall–Kier alpha value is -2.42. The van der Waals surface area contributed by atoms with Gasteiger partial charge in [0.15, 0.2) is 0 Å². The smallest absolute Gasteiger partial charge is 0.0435 e. The van der Waals surface area contributed by atoms with E-state index in [-0.39, 0.29) is 0 Å². The molecule has 130 valence electrons. The molecule has 1 aromatic rings. The normalized spacial score (nSPS) is 10.6. The van der Waals surface area contributed by atoms with Crippen LogP contribution < -0.4 is 11.1 Å². The van der Waals surface area contributed by atoms with Gasteiger partial charge in [0, 0.05) is 38.2 Å². The van der Waals surface area contributed by atoms with E-state index in [9.17, 15) is 0 Å². The number of hydrogen-bond donors (Lipinski definition) is 2. The summed E-state index contributed by atoms with van der Waals surface area (Å²) in [5, 5.41) is 3.39. The van der Waals surface area contributed by atoms with Gasteiger partial charge in [0.1, 0.15) is 0 Å². The van der Waals surface area contributed by atoms with E-state index in [1.54, 1.807) is 0 Å². The highest BCUT2D eigenvalue weighted by molar-refractivity contribution is 5.64. The number of nitrogens with two attached hydrogens (primary N) is 1.